The van der Waals surface area contributed by atoms with Gasteiger partial charge in [0, 0.05) is 38.1 Å². The van der Waals surface area contributed by atoms with Crippen LogP contribution in [-0.2, 0) is 6.18 Å². The molecule has 2 saturated heterocycles. The van der Waals surface area contributed by atoms with E-state index in [-0.39, 0.29) is 17.9 Å². The highest BCUT2D eigenvalue weighted by Gasteiger charge is 2.34. The zero-order valence-corrected chi connectivity index (χ0v) is 19.2. The van der Waals surface area contributed by atoms with E-state index in [0.29, 0.717) is 18.9 Å². The number of carbonyl (C=O) groups excluding carboxylic acids is 1. The molecule has 0 aliphatic carbocycles. The number of halogens is 3. The first kappa shape index (κ1) is 23.4. The summed E-state index contributed by atoms with van der Waals surface area (Å²) in [5.74, 6) is 0.672. The number of alkyl halides is 3. The molecule has 0 spiro atoms. The summed E-state index contributed by atoms with van der Waals surface area (Å²) >= 11 is 0. The molecule has 0 radical (unpaired) electrons. The van der Waals surface area contributed by atoms with E-state index in [4.69, 9.17) is 0 Å². The quantitative estimate of drug-likeness (QED) is 0.653. The Morgan fingerprint density at radius 1 is 1.12 bits per heavy atom. The maximum atomic E-state index is 13.8. The highest BCUT2D eigenvalue weighted by Crippen LogP contribution is 2.32. The van der Waals surface area contributed by atoms with Crippen molar-refractivity contribution in [1.82, 2.24) is 9.88 Å². The minimum absolute atomic E-state index is 0.0272. The first-order chi connectivity index (χ1) is 15.7. The fourth-order valence-corrected chi connectivity index (χ4v) is 4.90. The third-order valence-electron chi connectivity index (χ3n) is 6.79. The average Bonchev–Trinajstić information content (AvgIpc) is 3.32. The Morgan fingerprint density at radius 3 is 2.55 bits per heavy atom. The summed E-state index contributed by atoms with van der Waals surface area (Å²) < 4.78 is 38.4. The van der Waals surface area contributed by atoms with Gasteiger partial charge in [-0.3, -0.25) is 4.79 Å². The maximum absolute atomic E-state index is 13.8. The zero-order valence-electron chi connectivity index (χ0n) is 19.2. The van der Waals surface area contributed by atoms with Crippen molar-refractivity contribution in [1.29, 1.82) is 0 Å². The molecule has 2 fully saturated rings. The molecular formula is C25H31F3N4O. The molecule has 1 amide bonds. The normalized spacial score (nSPS) is 21.4. The molecule has 2 unspecified atom stereocenters. The topological polar surface area (TPSA) is 48.5 Å². The standard InChI is InChI=1S/C25H31F3N4O/c1-17-7-9-21(31-11-3-4-12-31)20(14-17)24(33)32-13-5-6-18(2)22(32)16-30-23-10-8-19(15-29-23)25(26,27)28/h7-10,14-15,18,22H,3-6,11-13,16H2,1-2H3,(H,29,30). The largest absolute Gasteiger partial charge is 0.417 e. The molecule has 2 aliphatic rings. The SMILES string of the molecule is Cc1ccc(N2CCCC2)c(C(=O)N2CCCC(C)C2CNc2ccc(C(F)(F)F)cn2)c1. The number of piperidine rings is 1. The van der Waals surface area contributed by atoms with Gasteiger partial charge in [0.25, 0.3) is 5.91 Å². The molecule has 2 aliphatic heterocycles. The minimum atomic E-state index is -4.41. The Balaban J connectivity index is 1.53. The highest BCUT2D eigenvalue weighted by molar-refractivity contribution is 6.00. The van der Waals surface area contributed by atoms with Crippen LogP contribution in [0, 0.1) is 12.8 Å². The van der Waals surface area contributed by atoms with Crippen molar-refractivity contribution < 1.29 is 18.0 Å². The summed E-state index contributed by atoms with van der Waals surface area (Å²) in [6.07, 6.45) is 0.637. The monoisotopic (exact) mass is 460 g/mol. The predicted octanol–water partition coefficient (Wildman–Crippen LogP) is 5.36. The van der Waals surface area contributed by atoms with E-state index in [9.17, 15) is 18.0 Å². The Kier molecular flexibility index (Phi) is 6.81. The number of nitrogens with one attached hydrogen (secondary N) is 1. The third kappa shape index (κ3) is 5.25. The number of aryl methyl sites for hydroxylation is 1. The number of likely N-dealkylation sites (tertiary alicyclic amines) is 1. The van der Waals surface area contributed by atoms with E-state index in [1.807, 2.05) is 17.9 Å². The van der Waals surface area contributed by atoms with E-state index in [0.717, 1.165) is 67.9 Å². The van der Waals surface area contributed by atoms with E-state index >= 15 is 0 Å². The van der Waals surface area contributed by atoms with Crippen LogP contribution in [0.5, 0.6) is 0 Å². The van der Waals surface area contributed by atoms with Crippen LogP contribution in [0.2, 0.25) is 0 Å². The first-order valence-corrected chi connectivity index (χ1v) is 11.7. The lowest BCUT2D eigenvalue weighted by atomic mass is 9.89. The Morgan fingerprint density at radius 2 is 1.88 bits per heavy atom. The molecule has 8 heteroatoms. The molecule has 33 heavy (non-hydrogen) atoms. The molecule has 4 rings (SSSR count). The number of rotatable bonds is 5. The zero-order chi connectivity index (χ0) is 23.6. The Bertz CT molecular complexity index is 971. The summed E-state index contributed by atoms with van der Waals surface area (Å²) in [6.45, 7) is 7.16. The van der Waals surface area contributed by atoms with Crippen LogP contribution in [-0.4, -0.2) is 48.0 Å². The van der Waals surface area contributed by atoms with Gasteiger partial charge in [0.15, 0.2) is 0 Å². The molecule has 1 aromatic heterocycles. The van der Waals surface area contributed by atoms with Crippen LogP contribution in [0.4, 0.5) is 24.7 Å². The Labute approximate surface area is 193 Å². The lowest BCUT2D eigenvalue weighted by Gasteiger charge is -2.41. The van der Waals surface area contributed by atoms with Gasteiger partial charge in [-0.1, -0.05) is 18.6 Å². The minimum Gasteiger partial charge on any atom is -0.371 e. The van der Waals surface area contributed by atoms with Gasteiger partial charge >= 0.3 is 6.18 Å². The van der Waals surface area contributed by atoms with E-state index in [1.165, 1.54) is 6.07 Å². The van der Waals surface area contributed by atoms with Gasteiger partial charge < -0.3 is 15.1 Å². The van der Waals surface area contributed by atoms with Crippen molar-refractivity contribution in [3.8, 4) is 0 Å². The van der Waals surface area contributed by atoms with Crippen molar-refractivity contribution in [3.63, 3.8) is 0 Å². The summed E-state index contributed by atoms with van der Waals surface area (Å²) in [4.78, 5) is 21.9. The lowest BCUT2D eigenvalue weighted by molar-refractivity contribution is -0.137. The van der Waals surface area contributed by atoms with Crippen LogP contribution < -0.4 is 10.2 Å². The number of hydrogen-bond acceptors (Lipinski definition) is 4. The molecule has 0 saturated carbocycles. The first-order valence-electron chi connectivity index (χ1n) is 11.7. The van der Waals surface area contributed by atoms with E-state index < -0.39 is 11.7 Å². The number of aromatic nitrogens is 1. The van der Waals surface area contributed by atoms with Crippen molar-refractivity contribution >= 4 is 17.4 Å². The number of benzene rings is 1. The number of carbonyl (C=O) groups is 1. The van der Waals surface area contributed by atoms with Gasteiger partial charge in [-0.05, 0) is 62.8 Å². The number of hydrogen-bond donors (Lipinski definition) is 1. The van der Waals surface area contributed by atoms with Crippen molar-refractivity contribution in [3.05, 3.63) is 53.2 Å². The van der Waals surface area contributed by atoms with Crippen molar-refractivity contribution in [2.75, 3.05) is 36.4 Å². The summed E-state index contributed by atoms with van der Waals surface area (Å²) in [7, 11) is 0. The van der Waals surface area contributed by atoms with Crippen LogP contribution >= 0.6 is 0 Å². The maximum Gasteiger partial charge on any atom is 0.417 e. The Hall–Kier alpha value is -2.77. The van der Waals surface area contributed by atoms with Gasteiger partial charge in [-0.15, -0.1) is 0 Å². The van der Waals surface area contributed by atoms with Gasteiger partial charge in [-0.25, -0.2) is 4.98 Å². The van der Waals surface area contributed by atoms with Gasteiger partial charge in [0.1, 0.15) is 5.82 Å². The van der Waals surface area contributed by atoms with Crippen molar-refractivity contribution in [2.24, 2.45) is 5.92 Å². The predicted molar refractivity (Wildman–Crippen MR) is 124 cm³/mol. The molecule has 2 aromatic rings. The number of pyridine rings is 1. The number of anilines is 2. The van der Waals surface area contributed by atoms with Gasteiger partial charge in [0.2, 0.25) is 0 Å². The van der Waals surface area contributed by atoms with Gasteiger partial charge in [-0.2, -0.15) is 13.2 Å². The summed E-state index contributed by atoms with van der Waals surface area (Å²) in [6, 6.07) is 8.39. The molecule has 2 atom stereocenters. The smallest absolute Gasteiger partial charge is 0.371 e. The lowest BCUT2D eigenvalue weighted by Crippen LogP contribution is -2.51. The molecule has 5 nitrogen and oxygen atoms in total. The van der Waals surface area contributed by atoms with Gasteiger partial charge in [0.05, 0.1) is 17.2 Å². The fraction of sp³-hybridized carbons (Fsp3) is 0.520. The number of nitrogens with zero attached hydrogens (tertiary/aromatic N) is 3. The molecule has 1 aromatic carbocycles. The number of amides is 1. The van der Waals surface area contributed by atoms with Crippen LogP contribution in [0.15, 0.2) is 36.5 Å². The second kappa shape index (κ2) is 9.61. The van der Waals surface area contributed by atoms with Crippen LogP contribution in [0.1, 0.15) is 54.1 Å². The molecular weight excluding hydrogens is 429 g/mol. The second-order valence-corrected chi connectivity index (χ2v) is 9.21. The third-order valence-corrected chi connectivity index (χ3v) is 6.79. The van der Waals surface area contributed by atoms with E-state index in [2.05, 4.69) is 34.3 Å². The second-order valence-electron chi connectivity index (χ2n) is 9.21. The van der Waals surface area contributed by atoms with Crippen LogP contribution in [0.25, 0.3) is 0 Å². The van der Waals surface area contributed by atoms with E-state index in [1.54, 1.807) is 0 Å². The highest BCUT2D eigenvalue weighted by atomic mass is 19.4. The van der Waals surface area contributed by atoms with Crippen LogP contribution in [0.3, 0.4) is 0 Å². The van der Waals surface area contributed by atoms with Crippen molar-refractivity contribution in [2.45, 2.75) is 51.7 Å². The summed E-state index contributed by atoms with van der Waals surface area (Å²) in [5, 5.41) is 3.16. The molecule has 0 bridgehead atoms. The average molecular weight is 461 g/mol. The molecule has 178 valence electrons. The fourth-order valence-electron chi connectivity index (χ4n) is 4.90. The molecule has 1 N–H and O–H groups in total. The summed E-state index contributed by atoms with van der Waals surface area (Å²) in [5.41, 5.74) is 2.01. The molecule has 3 heterocycles.